The fourth-order valence-electron chi connectivity index (χ4n) is 3.08. The third-order valence-electron chi connectivity index (χ3n) is 4.41. The van der Waals surface area contributed by atoms with Gasteiger partial charge in [-0.3, -0.25) is 4.90 Å². The normalized spacial score (nSPS) is 16.1. The highest BCUT2D eigenvalue weighted by molar-refractivity contribution is 5.68. The van der Waals surface area contributed by atoms with Crippen LogP contribution in [-0.4, -0.2) is 57.9 Å². The van der Waals surface area contributed by atoms with E-state index in [0.29, 0.717) is 38.3 Å². The molecule has 2 heterocycles. The summed E-state index contributed by atoms with van der Waals surface area (Å²) in [6, 6.07) is 3.91. The zero-order valence-corrected chi connectivity index (χ0v) is 16.5. The van der Waals surface area contributed by atoms with Crippen molar-refractivity contribution in [2.24, 2.45) is 0 Å². The zero-order valence-electron chi connectivity index (χ0n) is 16.5. The molecule has 1 saturated heterocycles. The average molecular weight is 412 g/mol. The van der Waals surface area contributed by atoms with Gasteiger partial charge in [-0.2, -0.15) is 13.2 Å². The third-order valence-corrected chi connectivity index (χ3v) is 4.41. The van der Waals surface area contributed by atoms with E-state index in [1.807, 2.05) is 20.8 Å². The second-order valence-corrected chi connectivity index (χ2v) is 7.87. The van der Waals surface area contributed by atoms with Gasteiger partial charge in [-0.1, -0.05) is 6.07 Å². The summed E-state index contributed by atoms with van der Waals surface area (Å²) in [5, 5.41) is 7.09. The Labute approximate surface area is 166 Å². The molecule has 0 spiro atoms. The summed E-state index contributed by atoms with van der Waals surface area (Å²) in [4.78, 5) is 15.8. The number of aromatic nitrogens is 2. The maximum Gasteiger partial charge on any atom is 0.417 e. The van der Waals surface area contributed by atoms with E-state index < -0.39 is 17.3 Å². The fourth-order valence-corrected chi connectivity index (χ4v) is 3.08. The fraction of sp³-hybridized carbons (Fsp3) is 0.526. The zero-order chi connectivity index (χ0) is 21.2. The Morgan fingerprint density at radius 2 is 1.86 bits per heavy atom. The van der Waals surface area contributed by atoms with Gasteiger partial charge >= 0.3 is 12.3 Å². The largest absolute Gasteiger partial charge is 0.444 e. The molecule has 0 bridgehead atoms. The van der Waals surface area contributed by atoms with E-state index >= 15 is 0 Å². The van der Waals surface area contributed by atoms with E-state index in [1.165, 1.54) is 12.1 Å². The number of ether oxygens (including phenoxy) is 1. The monoisotopic (exact) mass is 412 g/mol. The first-order chi connectivity index (χ1) is 13.5. The quantitative estimate of drug-likeness (QED) is 0.764. The highest BCUT2D eigenvalue weighted by Gasteiger charge is 2.35. The number of halogens is 3. The minimum atomic E-state index is -4.53. The van der Waals surface area contributed by atoms with Crippen molar-refractivity contribution in [3.63, 3.8) is 0 Å². The van der Waals surface area contributed by atoms with E-state index in [0.717, 1.165) is 12.5 Å². The van der Waals surface area contributed by atoms with E-state index in [1.54, 1.807) is 4.90 Å². The lowest BCUT2D eigenvalue weighted by molar-refractivity contribution is -0.137. The number of carbonyl (C=O) groups is 1. The molecule has 1 amide bonds. The molecule has 29 heavy (non-hydrogen) atoms. The Kier molecular flexibility index (Phi) is 5.83. The van der Waals surface area contributed by atoms with Crippen LogP contribution in [0.5, 0.6) is 0 Å². The van der Waals surface area contributed by atoms with Crippen LogP contribution >= 0.6 is 0 Å². The van der Waals surface area contributed by atoms with Gasteiger partial charge in [0.15, 0.2) is 0 Å². The molecule has 1 fully saturated rings. The van der Waals surface area contributed by atoms with Crippen LogP contribution < -0.4 is 0 Å². The van der Waals surface area contributed by atoms with E-state index in [2.05, 4.69) is 15.1 Å². The van der Waals surface area contributed by atoms with Crippen LogP contribution in [0.25, 0.3) is 11.5 Å². The molecule has 0 saturated carbocycles. The predicted molar refractivity (Wildman–Crippen MR) is 97.8 cm³/mol. The van der Waals surface area contributed by atoms with Gasteiger partial charge in [-0.25, -0.2) is 4.79 Å². The molecule has 1 aliphatic heterocycles. The van der Waals surface area contributed by atoms with E-state index in [-0.39, 0.29) is 17.5 Å². The van der Waals surface area contributed by atoms with Crippen molar-refractivity contribution in [3.8, 4) is 11.5 Å². The second kappa shape index (κ2) is 8.02. The first-order valence-electron chi connectivity index (χ1n) is 9.20. The highest BCUT2D eigenvalue weighted by Crippen LogP contribution is 2.37. The number of hydrogen-bond donors (Lipinski definition) is 0. The maximum absolute atomic E-state index is 13.3. The van der Waals surface area contributed by atoms with Gasteiger partial charge in [-0.05, 0) is 38.5 Å². The molecule has 1 aromatic heterocycles. The van der Waals surface area contributed by atoms with Crippen LogP contribution in [0.4, 0.5) is 18.0 Å². The Balaban J connectivity index is 1.67. The van der Waals surface area contributed by atoms with E-state index in [9.17, 15) is 18.0 Å². The lowest BCUT2D eigenvalue weighted by Gasteiger charge is -2.35. The Bertz CT molecular complexity index is 839. The van der Waals surface area contributed by atoms with Gasteiger partial charge in [0.25, 0.3) is 0 Å². The van der Waals surface area contributed by atoms with Crippen molar-refractivity contribution in [2.45, 2.75) is 39.1 Å². The third kappa shape index (κ3) is 5.47. The predicted octanol–water partition coefficient (Wildman–Crippen LogP) is 3.81. The van der Waals surface area contributed by atoms with Gasteiger partial charge in [-0.15, -0.1) is 10.2 Å². The van der Waals surface area contributed by atoms with Crippen molar-refractivity contribution >= 4 is 6.09 Å². The van der Waals surface area contributed by atoms with Crippen LogP contribution in [0.15, 0.2) is 29.0 Å². The topological polar surface area (TPSA) is 71.7 Å². The molecular formula is C19H23F3N4O3. The molecule has 2 aromatic rings. The van der Waals surface area contributed by atoms with Crippen molar-refractivity contribution in [3.05, 3.63) is 35.7 Å². The molecule has 0 radical (unpaired) electrons. The SMILES string of the molecule is CC(C)(C)OC(=O)N1CCN(Cc2ccc(C(F)(F)F)c(-c3nnco3)c2)CC1. The molecule has 0 atom stereocenters. The Hall–Kier alpha value is -2.62. The molecule has 0 N–H and O–H groups in total. The minimum Gasteiger partial charge on any atom is -0.444 e. The van der Waals surface area contributed by atoms with Crippen LogP contribution in [-0.2, 0) is 17.5 Å². The first kappa shape index (κ1) is 21.1. The summed E-state index contributed by atoms with van der Waals surface area (Å²) >= 11 is 0. The number of carbonyl (C=O) groups excluding carboxylic acids is 1. The average Bonchev–Trinajstić information content (AvgIpc) is 3.14. The minimum absolute atomic E-state index is 0.139. The van der Waals surface area contributed by atoms with Gasteiger partial charge in [0, 0.05) is 32.7 Å². The molecule has 3 rings (SSSR count). The molecule has 10 heteroatoms. The smallest absolute Gasteiger partial charge is 0.417 e. The number of nitrogens with zero attached hydrogens (tertiary/aromatic N) is 4. The van der Waals surface area contributed by atoms with Gasteiger partial charge in [0.2, 0.25) is 12.3 Å². The summed E-state index contributed by atoms with van der Waals surface area (Å²) in [7, 11) is 0. The van der Waals surface area contributed by atoms with Gasteiger partial charge in [0.1, 0.15) is 5.60 Å². The van der Waals surface area contributed by atoms with Crippen LogP contribution in [0, 0.1) is 0 Å². The van der Waals surface area contributed by atoms with E-state index in [4.69, 9.17) is 9.15 Å². The standard InChI is InChI=1S/C19H23F3N4O3/c1-18(2,3)29-17(27)26-8-6-25(7-9-26)11-13-4-5-15(19(20,21)22)14(10-13)16-24-23-12-28-16/h4-5,10,12H,6-9,11H2,1-3H3. The van der Waals surface area contributed by atoms with Crippen molar-refractivity contribution in [1.29, 1.82) is 0 Å². The molecule has 1 aromatic carbocycles. The lowest BCUT2D eigenvalue weighted by Crippen LogP contribution is -2.49. The lowest BCUT2D eigenvalue weighted by atomic mass is 10.0. The molecule has 1 aliphatic rings. The number of benzene rings is 1. The molecule has 0 aliphatic carbocycles. The number of rotatable bonds is 3. The van der Waals surface area contributed by atoms with Crippen LogP contribution in [0.3, 0.4) is 0 Å². The summed E-state index contributed by atoms with van der Waals surface area (Å²) in [6.45, 7) is 8.05. The van der Waals surface area contributed by atoms with Crippen molar-refractivity contribution < 1.29 is 27.1 Å². The summed E-state index contributed by atoms with van der Waals surface area (Å²) in [5.74, 6) is -0.172. The second-order valence-electron chi connectivity index (χ2n) is 7.87. The Morgan fingerprint density at radius 3 is 2.41 bits per heavy atom. The van der Waals surface area contributed by atoms with Crippen molar-refractivity contribution in [2.75, 3.05) is 26.2 Å². The first-order valence-corrected chi connectivity index (χ1v) is 9.20. The molecule has 158 valence electrons. The molecule has 7 nitrogen and oxygen atoms in total. The summed E-state index contributed by atoms with van der Waals surface area (Å²) < 4.78 is 50.3. The summed E-state index contributed by atoms with van der Waals surface area (Å²) in [6.07, 6.45) is -3.88. The number of amides is 1. The maximum atomic E-state index is 13.3. The molecule has 0 unspecified atom stereocenters. The van der Waals surface area contributed by atoms with Gasteiger partial charge < -0.3 is 14.1 Å². The van der Waals surface area contributed by atoms with Gasteiger partial charge in [0.05, 0.1) is 11.1 Å². The summed E-state index contributed by atoms with van der Waals surface area (Å²) in [5.41, 5.74) is -0.823. The van der Waals surface area contributed by atoms with Crippen molar-refractivity contribution in [1.82, 2.24) is 20.0 Å². The van der Waals surface area contributed by atoms with Crippen LogP contribution in [0.2, 0.25) is 0 Å². The molecular weight excluding hydrogens is 389 g/mol. The number of alkyl halides is 3. The Morgan fingerprint density at radius 1 is 1.17 bits per heavy atom. The highest BCUT2D eigenvalue weighted by atomic mass is 19.4. The number of hydrogen-bond acceptors (Lipinski definition) is 6. The number of piperazine rings is 1. The van der Waals surface area contributed by atoms with Crippen LogP contribution in [0.1, 0.15) is 31.9 Å².